The maximum absolute atomic E-state index is 11.2. The van der Waals surface area contributed by atoms with E-state index in [9.17, 15) is 4.79 Å². The van der Waals surface area contributed by atoms with Crippen molar-refractivity contribution in [2.24, 2.45) is 5.73 Å². The van der Waals surface area contributed by atoms with E-state index in [-0.39, 0.29) is 5.69 Å². The van der Waals surface area contributed by atoms with E-state index in [1.165, 1.54) is 0 Å². The Balaban J connectivity index is 2.34. The number of hydrogen-bond donors (Lipinski definition) is 1. The smallest absolute Gasteiger partial charge is 0.270 e. The van der Waals surface area contributed by atoms with Crippen LogP contribution >= 0.6 is 15.9 Å². The van der Waals surface area contributed by atoms with Gasteiger partial charge in [-0.1, -0.05) is 30.3 Å². The monoisotopic (exact) mass is 293 g/mol. The Hall–Kier alpha value is -1.62. The van der Waals surface area contributed by atoms with E-state index in [1.807, 2.05) is 37.3 Å². The van der Waals surface area contributed by atoms with Crippen LogP contribution in [0.4, 0.5) is 0 Å². The number of carbonyl (C=O) groups excluding carboxylic acids is 1. The number of nitrogens with zero attached hydrogens (tertiary/aromatic N) is 2. The first-order chi connectivity index (χ1) is 8.09. The average Bonchev–Trinajstić information content (AvgIpc) is 2.59. The van der Waals surface area contributed by atoms with Crippen molar-refractivity contribution in [2.45, 2.75) is 13.5 Å². The lowest BCUT2D eigenvalue weighted by Gasteiger charge is -2.03. The molecule has 0 radical (unpaired) electrons. The van der Waals surface area contributed by atoms with E-state index in [4.69, 9.17) is 5.73 Å². The Bertz CT molecular complexity index is 548. The highest BCUT2D eigenvalue weighted by atomic mass is 79.9. The number of halogens is 1. The van der Waals surface area contributed by atoms with Gasteiger partial charge in [-0.3, -0.25) is 9.48 Å². The zero-order chi connectivity index (χ0) is 12.4. The molecule has 0 unspecified atom stereocenters. The summed E-state index contributed by atoms with van der Waals surface area (Å²) >= 11 is 3.33. The summed E-state index contributed by atoms with van der Waals surface area (Å²) in [4.78, 5) is 11.2. The van der Waals surface area contributed by atoms with E-state index >= 15 is 0 Å². The van der Waals surface area contributed by atoms with Crippen LogP contribution in [0.1, 0.15) is 21.7 Å². The Morgan fingerprint density at radius 3 is 2.59 bits per heavy atom. The van der Waals surface area contributed by atoms with Crippen LogP contribution in [-0.2, 0) is 6.54 Å². The van der Waals surface area contributed by atoms with Crippen LogP contribution in [0.15, 0.2) is 34.8 Å². The van der Waals surface area contributed by atoms with E-state index < -0.39 is 5.91 Å². The number of aromatic nitrogens is 2. The zero-order valence-electron chi connectivity index (χ0n) is 9.35. The van der Waals surface area contributed by atoms with Gasteiger partial charge in [0.05, 0.1) is 16.7 Å². The van der Waals surface area contributed by atoms with Gasteiger partial charge in [-0.2, -0.15) is 5.10 Å². The maximum Gasteiger partial charge on any atom is 0.270 e. The van der Waals surface area contributed by atoms with Gasteiger partial charge >= 0.3 is 0 Å². The first-order valence-electron chi connectivity index (χ1n) is 5.16. The zero-order valence-corrected chi connectivity index (χ0v) is 10.9. The first-order valence-corrected chi connectivity index (χ1v) is 5.95. The number of amides is 1. The fourth-order valence-electron chi connectivity index (χ4n) is 1.59. The van der Waals surface area contributed by atoms with Gasteiger partial charge in [-0.05, 0) is 28.4 Å². The molecule has 2 aromatic rings. The Labute approximate surface area is 108 Å². The molecule has 0 atom stereocenters. The second kappa shape index (κ2) is 4.71. The molecule has 88 valence electrons. The van der Waals surface area contributed by atoms with Gasteiger partial charge in [0.25, 0.3) is 5.91 Å². The highest BCUT2D eigenvalue weighted by Gasteiger charge is 2.16. The molecule has 0 aliphatic rings. The third kappa shape index (κ3) is 2.39. The summed E-state index contributed by atoms with van der Waals surface area (Å²) in [6.45, 7) is 2.52. The van der Waals surface area contributed by atoms with E-state index in [0.717, 1.165) is 11.3 Å². The van der Waals surface area contributed by atoms with Gasteiger partial charge < -0.3 is 5.73 Å². The molecule has 2 rings (SSSR count). The molecule has 0 saturated carbocycles. The molecular weight excluding hydrogens is 282 g/mol. The predicted octanol–water partition coefficient (Wildman–Crippen LogP) is 2.10. The normalized spacial score (nSPS) is 10.5. The minimum absolute atomic E-state index is 0.276. The van der Waals surface area contributed by atoms with Crippen LogP contribution in [0.2, 0.25) is 0 Å². The molecule has 0 saturated heterocycles. The maximum atomic E-state index is 11.2. The fourth-order valence-corrected chi connectivity index (χ4v) is 2.07. The van der Waals surface area contributed by atoms with Crippen molar-refractivity contribution in [1.29, 1.82) is 0 Å². The van der Waals surface area contributed by atoms with Crippen molar-refractivity contribution in [3.8, 4) is 0 Å². The van der Waals surface area contributed by atoms with Crippen molar-refractivity contribution < 1.29 is 4.79 Å². The minimum Gasteiger partial charge on any atom is -0.364 e. The number of carbonyl (C=O) groups is 1. The molecule has 1 amide bonds. The molecule has 0 fully saturated rings. The molecule has 4 nitrogen and oxygen atoms in total. The molecular formula is C12H12BrN3O. The minimum atomic E-state index is -0.521. The molecule has 1 aromatic heterocycles. The molecule has 0 aliphatic carbocycles. The van der Waals surface area contributed by atoms with Gasteiger partial charge in [0, 0.05) is 0 Å². The molecule has 0 spiro atoms. The van der Waals surface area contributed by atoms with Crippen LogP contribution in [-0.4, -0.2) is 15.7 Å². The van der Waals surface area contributed by atoms with Gasteiger partial charge in [0.1, 0.15) is 0 Å². The summed E-state index contributed by atoms with van der Waals surface area (Å²) in [5, 5.41) is 4.20. The molecule has 5 heteroatoms. The molecule has 2 N–H and O–H groups in total. The highest BCUT2D eigenvalue weighted by molar-refractivity contribution is 9.10. The van der Waals surface area contributed by atoms with Crippen molar-refractivity contribution in [3.63, 3.8) is 0 Å². The second-order valence-electron chi connectivity index (χ2n) is 3.76. The van der Waals surface area contributed by atoms with Gasteiger partial charge in [-0.15, -0.1) is 0 Å². The van der Waals surface area contributed by atoms with Crippen LogP contribution < -0.4 is 5.73 Å². The summed E-state index contributed by atoms with van der Waals surface area (Å²) in [7, 11) is 0. The lowest BCUT2D eigenvalue weighted by Crippen LogP contribution is -2.13. The predicted molar refractivity (Wildman–Crippen MR) is 68.7 cm³/mol. The van der Waals surface area contributed by atoms with Gasteiger partial charge in [0.15, 0.2) is 5.69 Å². The standard InChI is InChI=1S/C12H12BrN3O/c1-8-10(13)11(12(14)17)15-16(8)7-9-5-3-2-4-6-9/h2-6H,7H2,1H3,(H2,14,17). The summed E-state index contributed by atoms with van der Waals surface area (Å²) in [5.74, 6) is -0.521. The quantitative estimate of drug-likeness (QED) is 0.942. The van der Waals surface area contributed by atoms with E-state index in [0.29, 0.717) is 11.0 Å². The molecule has 17 heavy (non-hydrogen) atoms. The summed E-state index contributed by atoms with van der Waals surface area (Å²) in [6.07, 6.45) is 0. The van der Waals surface area contributed by atoms with E-state index in [1.54, 1.807) is 4.68 Å². The van der Waals surface area contributed by atoms with Crippen LogP contribution in [0.3, 0.4) is 0 Å². The third-order valence-electron chi connectivity index (χ3n) is 2.54. The SMILES string of the molecule is Cc1c(Br)c(C(N)=O)nn1Cc1ccccc1. The van der Waals surface area contributed by atoms with Gasteiger partial charge in [0.2, 0.25) is 0 Å². The third-order valence-corrected chi connectivity index (χ3v) is 3.49. The summed E-state index contributed by atoms with van der Waals surface area (Å²) in [5.41, 5.74) is 7.54. The highest BCUT2D eigenvalue weighted by Crippen LogP contribution is 2.21. The fraction of sp³-hybridized carbons (Fsp3) is 0.167. The average molecular weight is 294 g/mol. The summed E-state index contributed by atoms with van der Waals surface area (Å²) in [6, 6.07) is 9.93. The Kier molecular flexibility index (Phi) is 3.28. The second-order valence-corrected chi connectivity index (χ2v) is 4.55. The first kappa shape index (κ1) is 11.9. The number of nitrogens with two attached hydrogens (primary N) is 1. The van der Waals surface area contributed by atoms with Crippen molar-refractivity contribution in [1.82, 2.24) is 9.78 Å². The van der Waals surface area contributed by atoms with Crippen LogP contribution in [0.5, 0.6) is 0 Å². The summed E-state index contributed by atoms with van der Waals surface area (Å²) < 4.78 is 2.43. The largest absolute Gasteiger partial charge is 0.364 e. The van der Waals surface area contributed by atoms with Crippen LogP contribution in [0, 0.1) is 6.92 Å². The number of hydrogen-bond acceptors (Lipinski definition) is 2. The number of rotatable bonds is 3. The molecule has 0 aliphatic heterocycles. The lowest BCUT2D eigenvalue weighted by atomic mass is 10.2. The Morgan fingerprint density at radius 1 is 1.41 bits per heavy atom. The van der Waals surface area contributed by atoms with Crippen molar-refractivity contribution in [3.05, 3.63) is 51.8 Å². The molecule has 1 heterocycles. The lowest BCUT2D eigenvalue weighted by molar-refractivity contribution is 0.0994. The number of benzene rings is 1. The Morgan fingerprint density at radius 2 is 2.06 bits per heavy atom. The van der Waals surface area contributed by atoms with Crippen molar-refractivity contribution in [2.75, 3.05) is 0 Å². The van der Waals surface area contributed by atoms with Crippen molar-refractivity contribution >= 4 is 21.8 Å². The topological polar surface area (TPSA) is 60.9 Å². The molecule has 1 aromatic carbocycles. The van der Waals surface area contributed by atoms with Crippen LogP contribution in [0.25, 0.3) is 0 Å². The van der Waals surface area contributed by atoms with Gasteiger partial charge in [-0.25, -0.2) is 0 Å². The van der Waals surface area contributed by atoms with E-state index in [2.05, 4.69) is 21.0 Å². The number of primary amides is 1. The molecule has 0 bridgehead atoms.